The van der Waals surface area contributed by atoms with Gasteiger partial charge in [-0.1, -0.05) is 0 Å². The number of hydrogen-bond acceptors (Lipinski definition) is 9. The Balaban J connectivity index is 1.37. The molecule has 2 N–H and O–H groups in total. The van der Waals surface area contributed by atoms with Crippen LogP contribution in [-0.4, -0.2) is 83.4 Å². The highest BCUT2D eigenvalue weighted by molar-refractivity contribution is 5.94. The molecule has 3 heterocycles. The van der Waals surface area contributed by atoms with E-state index in [4.69, 9.17) is 9.84 Å². The van der Waals surface area contributed by atoms with Gasteiger partial charge in [-0.15, -0.1) is 0 Å². The first-order valence-corrected chi connectivity index (χ1v) is 12.4. The minimum Gasteiger partial charge on any atom is -0.480 e. The van der Waals surface area contributed by atoms with Crippen LogP contribution in [0.5, 0.6) is 11.6 Å². The molecular formula is C26H27F2N7O6. The predicted molar refractivity (Wildman–Crippen MR) is 139 cm³/mol. The van der Waals surface area contributed by atoms with Crippen LogP contribution in [0.3, 0.4) is 0 Å². The number of carbonyl (C=O) groups excluding carboxylic acids is 2. The minimum atomic E-state index is -1.23. The molecule has 216 valence electrons. The van der Waals surface area contributed by atoms with E-state index in [1.165, 1.54) is 12.4 Å². The Morgan fingerprint density at radius 1 is 1.12 bits per heavy atom. The highest BCUT2D eigenvalue weighted by Crippen LogP contribution is 2.25. The third-order valence-electron chi connectivity index (χ3n) is 6.49. The molecule has 13 nitrogen and oxygen atoms in total. The summed E-state index contributed by atoms with van der Waals surface area (Å²) in [6, 6.07) is 2.22. The molecule has 1 aromatic carbocycles. The number of halogens is 2. The van der Waals surface area contributed by atoms with Crippen molar-refractivity contribution in [2.75, 3.05) is 25.0 Å². The lowest BCUT2D eigenvalue weighted by molar-refractivity contribution is -0.137. The SMILES string of the molecule is C[C@@H](C(=O)Nc1cnc(Oc2ccc(F)cc2F)cn1)N1CCN(C(=O)c2cn(CC(=O)O)c(=O)cn2)C(C)(C)C1. The summed E-state index contributed by atoms with van der Waals surface area (Å²) in [4.78, 5) is 64.5. The number of carboxylic acid groups (broad SMARTS) is 1. The molecule has 1 fully saturated rings. The summed E-state index contributed by atoms with van der Waals surface area (Å²) >= 11 is 0. The van der Waals surface area contributed by atoms with Crippen LogP contribution in [0.15, 0.2) is 47.8 Å². The van der Waals surface area contributed by atoms with Crippen molar-refractivity contribution >= 4 is 23.6 Å². The van der Waals surface area contributed by atoms with Crippen molar-refractivity contribution in [2.24, 2.45) is 0 Å². The lowest BCUT2D eigenvalue weighted by Crippen LogP contribution is -2.63. The number of carbonyl (C=O) groups is 3. The second kappa shape index (κ2) is 11.8. The topological polar surface area (TPSA) is 160 Å². The molecule has 1 saturated heterocycles. The Bertz CT molecular complexity index is 1530. The Morgan fingerprint density at radius 2 is 1.88 bits per heavy atom. The average molecular weight is 572 g/mol. The predicted octanol–water partition coefficient (Wildman–Crippen LogP) is 1.75. The van der Waals surface area contributed by atoms with Gasteiger partial charge in [0.1, 0.15) is 18.1 Å². The number of hydrogen-bond donors (Lipinski definition) is 2. The van der Waals surface area contributed by atoms with E-state index in [-0.39, 0.29) is 35.6 Å². The van der Waals surface area contributed by atoms with Gasteiger partial charge in [-0.2, -0.15) is 0 Å². The number of benzene rings is 1. The van der Waals surface area contributed by atoms with Crippen LogP contribution in [-0.2, 0) is 16.1 Å². The smallest absolute Gasteiger partial charge is 0.323 e. The van der Waals surface area contributed by atoms with Crippen molar-refractivity contribution in [1.82, 2.24) is 29.3 Å². The standard InChI is InChI=1S/C26H27F2N7O6/c1-15(24(39)32-20-9-31-21(10-30-20)41-19-5-4-16(27)8-17(19)28)33-6-7-35(26(2,3)14-33)25(40)18-12-34(13-23(37)38)22(36)11-29-18/h4-5,8-12,15H,6-7,13-14H2,1-3H3,(H,37,38)(H,30,32,39)/t15-/m0/s1. The van der Waals surface area contributed by atoms with Gasteiger partial charge in [0.05, 0.1) is 30.2 Å². The Labute approximate surface area is 232 Å². The van der Waals surface area contributed by atoms with Crippen molar-refractivity contribution in [1.29, 1.82) is 0 Å². The van der Waals surface area contributed by atoms with Crippen molar-refractivity contribution in [3.05, 3.63) is 70.7 Å². The number of amides is 2. The first kappa shape index (κ1) is 29.2. The lowest BCUT2D eigenvalue weighted by atomic mass is 9.97. The van der Waals surface area contributed by atoms with E-state index >= 15 is 0 Å². The molecule has 0 bridgehead atoms. The monoisotopic (exact) mass is 571 g/mol. The maximum absolute atomic E-state index is 13.8. The maximum atomic E-state index is 13.8. The van der Waals surface area contributed by atoms with Crippen molar-refractivity contribution in [2.45, 2.75) is 38.9 Å². The highest BCUT2D eigenvalue weighted by atomic mass is 19.1. The zero-order valence-corrected chi connectivity index (χ0v) is 22.4. The van der Waals surface area contributed by atoms with E-state index in [2.05, 4.69) is 20.3 Å². The molecule has 0 spiro atoms. The number of nitrogens with one attached hydrogen (secondary N) is 1. The molecule has 15 heteroatoms. The number of piperazine rings is 1. The third kappa shape index (κ3) is 6.87. The van der Waals surface area contributed by atoms with Crippen molar-refractivity contribution in [3.8, 4) is 11.6 Å². The molecule has 0 aliphatic carbocycles. The minimum absolute atomic E-state index is 0.0584. The van der Waals surface area contributed by atoms with Crippen LogP contribution in [0.1, 0.15) is 31.3 Å². The average Bonchev–Trinajstić information content (AvgIpc) is 2.91. The normalized spacial score (nSPS) is 15.7. The molecule has 0 radical (unpaired) electrons. The number of aliphatic carboxylic acids is 1. The molecular weight excluding hydrogens is 544 g/mol. The fourth-order valence-electron chi connectivity index (χ4n) is 4.36. The van der Waals surface area contributed by atoms with Gasteiger partial charge >= 0.3 is 5.97 Å². The van der Waals surface area contributed by atoms with Crippen LogP contribution < -0.4 is 15.6 Å². The van der Waals surface area contributed by atoms with Crippen LogP contribution >= 0.6 is 0 Å². The van der Waals surface area contributed by atoms with Gasteiger partial charge in [-0.05, 0) is 32.9 Å². The van der Waals surface area contributed by atoms with Gasteiger partial charge in [-0.3, -0.25) is 24.1 Å². The number of ether oxygens (including phenoxy) is 1. The van der Waals surface area contributed by atoms with E-state index in [9.17, 15) is 28.0 Å². The summed E-state index contributed by atoms with van der Waals surface area (Å²) in [5.74, 6) is -3.89. The van der Waals surface area contributed by atoms with Gasteiger partial charge < -0.3 is 24.6 Å². The van der Waals surface area contributed by atoms with Gasteiger partial charge in [0, 0.05) is 31.9 Å². The van der Waals surface area contributed by atoms with Crippen molar-refractivity contribution < 1.29 is 33.0 Å². The lowest BCUT2D eigenvalue weighted by Gasteiger charge is -2.48. The zero-order valence-electron chi connectivity index (χ0n) is 22.4. The maximum Gasteiger partial charge on any atom is 0.323 e. The van der Waals surface area contributed by atoms with Gasteiger partial charge in [-0.25, -0.2) is 23.7 Å². The Kier molecular flexibility index (Phi) is 8.37. The largest absolute Gasteiger partial charge is 0.480 e. The summed E-state index contributed by atoms with van der Waals surface area (Å²) in [6.45, 7) is 5.66. The molecule has 0 unspecified atom stereocenters. The number of carboxylic acids is 1. The molecule has 2 aromatic heterocycles. The summed E-state index contributed by atoms with van der Waals surface area (Å²) in [6.07, 6.45) is 4.46. The molecule has 4 rings (SSSR count). The molecule has 1 atom stereocenters. The second-order valence-electron chi connectivity index (χ2n) is 9.95. The summed E-state index contributed by atoms with van der Waals surface area (Å²) < 4.78 is 33.0. The van der Waals surface area contributed by atoms with E-state index in [0.29, 0.717) is 19.2 Å². The number of anilines is 1. The summed E-state index contributed by atoms with van der Waals surface area (Å²) in [7, 11) is 0. The second-order valence-corrected chi connectivity index (χ2v) is 9.95. The Morgan fingerprint density at radius 3 is 2.51 bits per heavy atom. The van der Waals surface area contributed by atoms with Crippen molar-refractivity contribution in [3.63, 3.8) is 0 Å². The van der Waals surface area contributed by atoms with E-state index in [0.717, 1.165) is 29.1 Å². The quantitative estimate of drug-likeness (QED) is 0.408. The first-order valence-electron chi connectivity index (χ1n) is 12.4. The fourth-order valence-corrected chi connectivity index (χ4v) is 4.36. The van der Waals surface area contributed by atoms with Crippen LogP contribution in [0, 0.1) is 11.6 Å². The number of nitrogens with zero attached hydrogens (tertiary/aromatic N) is 6. The van der Waals surface area contributed by atoms with Gasteiger partial charge in [0.15, 0.2) is 17.4 Å². The fraction of sp³-hybridized carbons (Fsp3) is 0.346. The van der Waals surface area contributed by atoms with Crippen LogP contribution in [0.4, 0.5) is 14.6 Å². The third-order valence-corrected chi connectivity index (χ3v) is 6.49. The molecule has 1 aliphatic rings. The number of aromatic nitrogens is 4. The first-order chi connectivity index (χ1) is 19.3. The summed E-state index contributed by atoms with van der Waals surface area (Å²) in [5.41, 5.74) is -1.44. The molecule has 2 amide bonds. The Hall–Kier alpha value is -4.79. The molecule has 0 saturated carbocycles. The van der Waals surface area contributed by atoms with Gasteiger partial charge in [0.2, 0.25) is 11.8 Å². The highest BCUT2D eigenvalue weighted by Gasteiger charge is 2.40. The molecule has 1 aliphatic heterocycles. The van der Waals surface area contributed by atoms with E-state index in [1.807, 2.05) is 18.7 Å². The van der Waals surface area contributed by atoms with E-state index < -0.39 is 47.2 Å². The number of rotatable bonds is 8. The van der Waals surface area contributed by atoms with Crippen LogP contribution in [0.25, 0.3) is 0 Å². The molecule has 41 heavy (non-hydrogen) atoms. The molecule has 3 aromatic rings. The van der Waals surface area contributed by atoms with Crippen LogP contribution in [0.2, 0.25) is 0 Å². The van der Waals surface area contributed by atoms with Gasteiger partial charge in [0.25, 0.3) is 11.5 Å². The summed E-state index contributed by atoms with van der Waals surface area (Å²) in [5, 5.41) is 11.7. The van der Waals surface area contributed by atoms with E-state index in [1.54, 1.807) is 11.8 Å². The zero-order chi connectivity index (χ0) is 29.9.